The zero-order valence-electron chi connectivity index (χ0n) is 15.3. The van der Waals surface area contributed by atoms with E-state index in [1.807, 2.05) is 36.4 Å². The van der Waals surface area contributed by atoms with Crippen molar-refractivity contribution in [1.82, 2.24) is 9.62 Å². The first-order valence-corrected chi connectivity index (χ1v) is 10.5. The number of sulfonamides is 1. The van der Waals surface area contributed by atoms with Crippen LogP contribution in [-0.4, -0.2) is 44.6 Å². The van der Waals surface area contributed by atoms with Gasteiger partial charge in [0.2, 0.25) is 15.9 Å². The number of rotatable bonds is 7. The van der Waals surface area contributed by atoms with E-state index in [0.717, 1.165) is 23.3 Å². The zero-order chi connectivity index (χ0) is 19.3. The Morgan fingerprint density at radius 2 is 1.81 bits per heavy atom. The molecule has 1 N–H and O–H groups in total. The first-order valence-electron chi connectivity index (χ1n) is 8.92. The van der Waals surface area contributed by atoms with Crippen LogP contribution in [0.5, 0.6) is 5.75 Å². The van der Waals surface area contributed by atoms with E-state index in [4.69, 9.17) is 4.74 Å². The van der Waals surface area contributed by atoms with Gasteiger partial charge >= 0.3 is 0 Å². The number of fused-ring (bicyclic) bond motifs is 1. The van der Waals surface area contributed by atoms with Gasteiger partial charge in [0.05, 0.1) is 19.3 Å². The van der Waals surface area contributed by atoms with Gasteiger partial charge in [-0.2, -0.15) is 4.31 Å². The molecule has 0 fully saturated rings. The Labute approximate surface area is 160 Å². The fourth-order valence-electron chi connectivity index (χ4n) is 3.15. The fourth-order valence-corrected chi connectivity index (χ4v) is 4.47. The summed E-state index contributed by atoms with van der Waals surface area (Å²) in [7, 11) is -1.82. The molecule has 0 spiro atoms. The minimum Gasteiger partial charge on any atom is -0.497 e. The lowest BCUT2D eigenvalue weighted by molar-refractivity contribution is -0.120. The number of amides is 1. The Kier molecular flexibility index (Phi) is 6.13. The van der Waals surface area contributed by atoms with Gasteiger partial charge in [0.15, 0.2) is 0 Å². The summed E-state index contributed by atoms with van der Waals surface area (Å²) in [6.07, 6.45) is 0.931. The molecule has 1 amide bonds. The molecule has 2 aromatic rings. The molecule has 7 heteroatoms. The third-order valence-corrected chi connectivity index (χ3v) is 6.51. The van der Waals surface area contributed by atoms with Crippen molar-refractivity contribution in [2.24, 2.45) is 0 Å². The van der Waals surface area contributed by atoms with E-state index >= 15 is 0 Å². The van der Waals surface area contributed by atoms with E-state index in [-0.39, 0.29) is 24.6 Å². The molecular formula is C20H24N2O4S. The van der Waals surface area contributed by atoms with Gasteiger partial charge in [-0.1, -0.05) is 36.4 Å². The number of carbonyl (C=O) groups is 1. The van der Waals surface area contributed by atoms with Gasteiger partial charge < -0.3 is 10.1 Å². The highest BCUT2D eigenvalue weighted by molar-refractivity contribution is 7.89. The van der Waals surface area contributed by atoms with Crippen molar-refractivity contribution in [3.8, 4) is 5.75 Å². The number of hydrogen-bond donors (Lipinski definition) is 1. The Bertz CT molecular complexity index is 894. The minimum atomic E-state index is -3.40. The van der Waals surface area contributed by atoms with Gasteiger partial charge in [-0.3, -0.25) is 4.79 Å². The molecule has 0 saturated carbocycles. The summed E-state index contributed by atoms with van der Waals surface area (Å²) in [6.45, 7) is 0.993. The lowest BCUT2D eigenvalue weighted by atomic mass is 10.0. The van der Waals surface area contributed by atoms with Crippen LogP contribution in [0.15, 0.2) is 48.5 Å². The lowest BCUT2D eigenvalue weighted by Gasteiger charge is -2.28. The molecule has 2 aromatic carbocycles. The molecule has 3 rings (SSSR count). The van der Waals surface area contributed by atoms with E-state index in [9.17, 15) is 13.2 Å². The largest absolute Gasteiger partial charge is 0.497 e. The topological polar surface area (TPSA) is 75.7 Å². The van der Waals surface area contributed by atoms with Gasteiger partial charge in [-0.25, -0.2) is 8.42 Å². The van der Waals surface area contributed by atoms with Gasteiger partial charge in [0, 0.05) is 19.6 Å². The second-order valence-corrected chi connectivity index (χ2v) is 8.63. The summed E-state index contributed by atoms with van der Waals surface area (Å²) in [4.78, 5) is 12.0. The predicted molar refractivity (Wildman–Crippen MR) is 104 cm³/mol. The highest BCUT2D eigenvalue weighted by Crippen LogP contribution is 2.20. The molecule has 1 aliphatic rings. The monoisotopic (exact) mass is 388 g/mol. The average Bonchev–Trinajstić information content (AvgIpc) is 2.68. The third-order valence-electron chi connectivity index (χ3n) is 4.69. The maximum Gasteiger partial charge on any atom is 0.224 e. The Morgan fingerprint density at radius 1 is 1.11 bits per heavy atom. The molecule has 0 unspecified atom stereocenters. The lowest BCUT2D eigenvalue weighted by Crippen LogP contribution is -2.40. The first kappa shape index (κ1) is 19.4. The van der Waals surface area contributed by atoms with Crippen LogP contribution in [0, 0.1) is 0 Å². The molecule has 1 aliphatic heterocycles. The van der Waals surface area contributed by atoms with Crippen molar-refractivity contribution in [2.45, 2.75) is 19.4 Å². The fraction of sp³-hybridized carbons (Fsp3) is 0.350. The van der Waals surface area contributed by atoms with Crippen LogP contribution in [-0.2, 0) is 34.2 Å². The maximum absolute atomic E-state index is 12.6. The van der Waals surface area contributed by atoms with Crippen molar-refractivity contribution in [2.75, 3.05) is 26.0 Å². The van der Waals surface area contributed by atoms with Gasteiger partial charge in [0.1, 0.15) is 5.75 Å². The highest BCUT2D eigenvalue weighted by atomic mass is 32.2. The maximum atomic E-state index is 12.6. The first-order chi connectivity index (χ1) is 13.0. The van der Waals surface area contributed by atoms with Gasteiger partial charge in [-0.15, -0.1) is 0 Å². The second-order valence-electron chi connectivity index (χ2n) is 6.54. The van der Waals surface area contributed by atoms with E-state index < -0.39 is 10.0 Å². The minimum absolute atomic E-state index is 0.0937. The second kappa shape index (κ2) is 8.54. The highest BCUT2D eigenvalue weighted by Gasteiger charge is 2.26. The average molecular weight is 388 g/mol. The molecular weight excluding hydrogens is 364 g/mol. The number of methoxy groups -OCH3 is 1. The SMILES string of the molecule is COc1ccc(CC(=O)NCCS(=O)(=O)N2CCc3ccccc3C2)cc1. The number of ether oxygens (including phenoxy) is 1. The molecule has 1 heterocycles. The quantitative estimate of drug-likeness (QED) is 0.784. The number of nitrogens with one attached hydrogen (secondary N) is 1. The van der Waals surface area contributed by atoms with E-state index in [0.29, 0.717) is 13.1 Å². The Hall–Kier alpha value is -2.38. The molecule has 0 aromatic heterocycles. The number of nitrogens with zero attached hydrogens (tertiary/aromatic N) is 1. The number of benzene rings is 2. The standard InChI is InChI=1S/C20H24N2O4S/c1-26-19-8-6-16(7-9-19)14-20(23)21-11-13-27(24,25)22-12-10-17-4-2-3-5-18(17)15-22/h2-9H,10-15H2,1H3,(H,21,23). The summed E-state index contributed by atoms with van der Waals surface area (Å²) >= 11 is 0. The van der Waals surface area contributed by atoms with Crippen LogP contribution in [0.3, 0.4) is 0 Å². The molecule has 0 bridgehead atoms. The molecule has 0 saturated heterocycles. The van der Waals surface area contributed by atoms with Crippen molar-refractivity contribution in [3.05, 3.63) is 65.2 Å². The van der Waals surface area contributed by atoms with Crippen molar-refractivity contribution >= 4 is 15.9 Å². The van der Waals surface area contributed by atoms with E-state index in [1.54, 1.807) is 19.2 Å². The van der Waals surface area contributed by atoms with E-state index in [1.165, 1.54) is 9.87 Å². The summed E-state index contributed by atoms with van der Waals surface area (Å²) in [6, 6.07) is 15.1. The molecule has 0 radical (unpaired) electrons. The Morgan fingerprint density at radius 3 is 2.52 bits per heavy atom. The van der Waals surface area contributed by atoms with Crippen molar-refractivity contribution in [1.29, 1.82) is 0 Å². The van der Waals surface area contributed by atoms with Crippen LogP contribution < -0.4 is 10.1 Å². The van der Waals surface area contributed by atoms with Crippen LogP contribution in [0.2, 0.25) is 0 Å². The van der Waals surface area contributed by atoms with Crippen LogP contribution in [0.1, 0.15) is 16.7 Å². The number of hydrogen-bond acceptors (Lipinski definition) is 4. The van der Waals surface area contributed by atoms with E-state index in [2.05, 4.69) is 5.32 Å². The van der Waals surface area contributed by atoms with Crippen LogP contribution in [0.4, 0.5) is 0 Å². The molecule has 0 atom stereocenters. The van der Waals surface area contributed by atoms with Crippen LogP contribution >= 0.6 is 0 Å². The number of carbonyl (C=O) groups excluding carboxylic acids is 1. The third kappa shape index (κ3) is 5.08. The summed E-state index contributed by atoms with van der Waals surface area (Å²) in [5.41, 5.74) is 3.11. The summed E-state index contributed by atoms with van der Waals surface area (Å²) in [5, 5.41) is 2.70. The molecule has 0 aliphatic carbocycles. The smallest absolute Gasteiger partial charge is 0.224 e. The van der Waals surface area contributed by atoms with Gasteiger partial charge in [0.25, 0.3) is 0 Å². The van der Waals surface area contributed by atoms with Crippen molar-refractivity contribution < 1.29 is 17.9 Å². The molecule has 6 nitrogen and oxygen atoms in total. The van der Waals surface area contributed by atoms with Crippen molar-refractivity contribution in [3.63, 3.8) is 0 Å². The normalized spacial score (nSPS) is 14.4. The molecule has 144 valence electrons. The Balaban J connectivity index is 1.48. The summed E-state index contributed by atoms with van der Waals surface area (Å²) < 4.78 is 31.7. The van der Waals surface area contributed by atoms with Gasteiger partial charge in [-0.05, 0) is 35.2 Å². The molecule has 27 heavy (non-hydrogen) atoms. The predicted octanol–water partition coefficient (Wildman–Crippen LogP) is 1.74. The zero-order valence-corrected chi connectivity index (χ0v) is 16.2. The summed E-state index contributed by atoms with van der Waals surface area (Å²) in [5.74, 6) is 0.441. The van der Waals surface area contributed by atoms with Crippen LogP contribution in [0.25, 0.3) is 0 Å².